The number of methoxy groups -OCH3 is 2. The Labute approximate surface area is 180 Å². The fourth-order valence-corrected chi connectivity index (χ4v) is 3.30. The Morgan fingerprint density at radius 2 is 1.58 bits per heavy atom. The molecule has 0 unspecified atom stereocenters. The Kier molecular flexibility index (Phi) is 7.66. The summed E-state index contributed by atoms with van der Waals surface area (Å²) in [6, 6.07) is 11.0. The molecule has 0 spiro atoms. The summed E-state index contributed by atoms with van der Waals surface area (Å²) in [6.45, 7) is 2.81. The number of carbonyl (C=O) groups excluding carboxylic acids is 2. The number of anilines is 1. The number of nitrogens with zero attached hydrogens (tertiary/aromatic N) is 2. The van der Waals surface area contributed by atoms with Gasteiger partial charge in [-0.3, -0.25) is 9.69 Å². The maximum atomic E-state index is 12.9. The van der Waals surface area contributed by atoms with Gasteiger partial charge in [0.15, 0.2) is 0 Å². The van der Waals surface area contributed by atoms with E-state index in [0.29, 0.717) is 49.9 Å². The molecule has 0 bridgehead atoms. The van der Waals surface area contributed by atoms with E-state index in [1.165, 1.54) is 24.3 Å². The van der Waals surface area contributed by atoms with E-state index >= 15 is 0 Å². The number of amides is 3. The summed E-state index contributed by atoms with van der Waals surface area (Å²) in [5, 5.41) is 5.66. The lowest BCUT2D eigenvalue weighted by Crippen LogP contribution is -2.52. The maximum Gasteiger partial charge on any atom is 0.317 e. The summed E-state index contributed by atoms with van der Waals surface area (Å²) >= 11 is 0. The SMILES string of the molecule is COc1cc(CNC(=O)N2CCN(CC(=O)Nc3ccc(F)cc3)CC2)cc(OC)c1. The van der Waals surface area contributed by atoms with Crippen molar-refractivity contribution < 1.29 is 23.5 Å². The number of rotatable bonds is 7. The molecule has 3 amide bonds. The van der Waals surface area contributed by atoms with Crippen molar-refractivity contribution in [2.24, 2.45) is 0 Å². The summed E-state index contributed by atoms with van der Waals surface area (Å²) in [6.07, 6.45) is 0. The molecule has 2 aromatic rings. The monoisotopic (exact) mass is 430 g/mol. The van der Waals surface area contributed by atoms with E-state index in [2.05, 4.69) is 10.6 Å². The molecule has 1 saturated heterocycles. The zero-order valence-corrected chi connectivity index (χ0v) is 17.7. The average Bonchev–Trinajstić information content (AvgIpc) is 2.79. The fraction of sp³-hybridized carbons (Fsp3) is 0.364. The summed E-state index contributed by atoms with van der Waals surface area (Å²) < 4.78 is 23.4. The van der Waals surface area contributed by atoms with Crippen LogP contribution in [0.25, 0.3) is 0 Å². The van der Waals surface area contributed by atoms with Gasteiger partial charge in [-0.05, 0) is 42.0 Å². The topological polar surface area (TPSA) is 83.1 Å². The van der Waals surface area contributed by atoms with Gasteiger partial charge in [0.05, 0.1) is 20.8 Å². The predicted molar refractivity (Wildman–Crippen MR) is 115 cm³/mol. The molecule has 0 radical (unpaired) electrons. The van der Waals surface area contributed by atoms with Crippen molar-refractivity contribution in [3.05, 3.63) is 53.8 Å². The molecule has 166 valence electrons. The van der Waals surface area contributed by atoms with Crippen LogP contribution >= 0.6 is 0 Å². The molecular formula is C22H27FN4O4. The van der Waals surface area contributed by atoms with E-state index < -0.39 is 0 Å². The van der Waals surface area contributed by atoms with Crippen molar-refractivity contribution in [1.82, 2.24) is 15.1 Å². The Morgan fingerprint density at radius 3 is 2.16 bits per heavy atom. The smallest absolute Gasteiger partial charge is 0.317 e. The highest BCUT2D eigenvalue weighted by molar-refractivity contribution is 5.92. The second kappa shape index (κ2) is 10.6. The number of benzene rings is 2. The Hall–Kier alpha value is -3.33. The van der Waals surface area contributed by atoms with Gasteiger partial charge in [0.2, 0.25) is 5.91 Å². The van der Waals surface area contributed by atoms with Gasteiger partial charge in [-0.15, -0.1) is 0 Å². The van der Waals surface area contributed by atoms with Crippen molar-refractivity contribution >= 4 is 17.6 Å². The third-order valence-electron chi connectivity index (χ3n) is 5.01. The van der Waals surface area contributed by atoms with E-state index in [0.717, 1.165) is 5.56 Å². The number of piperazine rings is 1. The first-order valence-electron chi connectivity index (χ1n) is 9.99. The Balaban J connectivity index is 1.42. The van der Waals surface area contributed by atoms with Crippen LogP contribution in [0.5, 0.6) is 11.5 Å². The zero-order chi connectivity index (χ0) is 22.2. The molecule has 8 nitrogen and oxygen atoms in total. The van der Waals surface area contributed by atoms with Crippen molar-refractivity contribution in [1.29, 1.82) is 0 Å². The van der Waals surface area contributed by atoms with Gasteiger partial charge in [-0.2, -0.15) is 0 Å². The molecule has 2 N–H and O–H groups in total. The molecule has 0 aliphatic carbocycles. The molecule has 0 aromatic heterocycles. The molecule has 0 saturated carbocycles. The summed E-state index contributed by atoms with van der Waals surface area (Å²) in [5.41, 5.74) is 1.43. The highest BCUT2D eigenvalue weighted by Gasteiger charge is 2.22. The molecule has 0 atom stereocenters. The van der Waals surface area contributed by atoms with Crippen LogP contribution in [0.4, 0.5) is 14.9 Å². The number of hydrogen-bond acceptors (Lipinski definition) is 5. The minimum atomic E-state index is -0.349. The van der Waals surface area contributed by atoms with E-state index in [1.54, 1.807) is 25.2 Å². The number of hydrogen-bond donors (Lipinski definition) is 2. The van der Waals surface area contributed by atoms with E-state index in [9.17, 15) is 14.0 Å². The second-order valence-electron chi connectivity index (χ2n) is 7.20. The minimum absolute atomic E-state index is 0.155. The zero-order valence-electron chi connectivity index (χ0n) is 17.7. The van der Waals surface area contributed by atoms with E-state index in [1.807, 2.05) is 17.0 Å². The van der Waals surface area contributed by atoms with Crippen molar-refractivity contribution in [3.8, 4) is 11.5 Å². The molecule has 1 aliphatic heterocycles. The van der Waals surface area contributed by atoms with Gasteiger partial charge in [0, 0.05) is 44.5 Å². The van der Waals surface area contributed by atoms with Crippen LogP contribution in [0.3, 0.4) is 0 Å². The maximum absolute atomic E-state index is 12.9. The standard InChI is InChI=1S/C22H27FN4O4/c1-30-19-11-16(12-20(13-19)31-2)14-24-22(29)27-9-7-26(8-10-27)15-21(28)25-18-5-3-17(23)4-6-18/h3-6,11-13H,7-10,14-15H2,1-2H3,(H,24,29)(H,25,28). The van der Waals surface area contributed by atoms with Crippen molar-refractivity contribution in [2.45, 2.75) is 6.54 Å². The van der Waals surface area contributed by atoms with Crippen LogP contribution in [-0.2, 0) is 11.3 Å². The predicted octanol–water partition coefficient (Wildman–Crippen LogP) is 2.31. The van der Waals surface area contributed by atoms with Gasteiger partial charge in [0.25, 0.3) is 0 Å². The summed E-state index contributed by atoms with van der Waals surface area (Å²) in [4.78, 5) is 28.4. The van der Waals surface area contributed by atoms with E-state index in [-0.39, 0.29) is 24.3 Å². The van der Waals surface area contributed by atoms with Crippen molar-refractivity contribution in [3.63, 3.8) is 0 Å². The lowest BCUT2D eigenvalue weighted by molar-refractivity contribution is -0.117. The number of carbonyl (C=O) groups is 2. The first-order valence-corrected chi connectivity index (χ1v) is 9.99. The first-order chi connectivity index (χ1) is 15.0. The average molecular weight is 430 g/mol. The quantitative estimate of drug-likeness (QED) is 0.705. The van der Waals surface area contributed by atoms with Gasteiger partial charge in [0.1, 0.15) is 17.3 Å². The van der Waals surface area contributed by atoms with Crippen LogP contribution in [0.1, 0.15) is 5.56 Å². The van der Waals surface area contributed by atoms with Crippen LogP contribution in [0.15, 0.2) is 42.5 Å². The van der Waals surface area contributed by atoms with Crippen molar-refractivity contribution in [2.75, 3.05) is 52.3 Å². The van der Waals surface area contributed by atoms with Crippen LogP contribution in [-0.4, -0.2) is 68.7 Å². The van der Waals surface area contributed by atoms with E-state index in [4.69, 9.17) is 9.47 Å². The number of urea groups is 1. The largest absolute Gasteiger partial charge is 0.497 e. The molecule has 2 aromatic carbocycles. The number of halogens is 1. The Bertz CT molecular complexity index is 877. The highest BCUT2D eigenvalue weighted by Crippen LogP contribution is 2.22. The third kappa shape index (κ3) is 6.58. The van der Waals surface area contributed by atoms with Gasteiger partial charge in [-0.1, -0.05) is 0 Å². The fourth-order valence-electron chi connectivity index (χ4n) is 3.30. The van der Waals surface area contributed by atoms with Crippen LogP contribution in [0, 0.1) is 5.82 Å². The Morgan fingerprint density at radius 1 is 0.968 bits per heavy atom. The third-order valence-corrected chi connectivity index (χ3v) is 5.01. The molecular weight excluding hydrogens is 403 g/mol. The van der Waals surface area contributed by atoms with Gasteiger partial charge >= 0.3 is 6.03 Å². The summed E-state index contributed by atoms with van der Waals surface area (Å²) in [7, 11) is 3.16. The summed E-state index contributed by atoms with van der Waals surface area (Å²) in [5.74, 6) is 0.807. The first kappa shape index (κ1) is 22.4. The lowest BCUT2D eigenvalue weighted by atomic mass is 10.2. The minimum Gasteiger partial charge on any atom is -0.497 e. The normalized spacial score (nSPS) is 14.1. The number of nitrogens with one attached hydrogen (secondary N) is 2. The molecule has 31 heavy (non-hydrogen) atoms. The number of ether oxygens (including phenoxy) is 2. The second-order valence-corrected chi connectivity index (χ2v) is 7.20. The highest BCUT2D eigenvalue weighted by atomic mass is 19.1. The molecule has 1 heterocycles. The molecule has 3 rings (SSSR count). The van der Waals surface area contributed by atoms with Crippen LogP contribution < -0.4 is 20.1 Å². The molecule has 1 fully saturated rings. The molecule has 1 aliphatic rings. The van der Waals surface area contributed by atoms with Crippen LogP contribution in [0.2, 0.25) is 0 Å². The lowest BCUT2D eigenvalue weighted by Gasteiger charge is -2.34. The van der Waals surface area contributed by atoms with Gasteiger partial charge < -0.3 is 25.0 Å². The van der Waals surface area contributed by atoms with Gasteiger partial charge in [-0.25, -0.2) is 9.18 Å². The molecule has 9 heteroatoms.